The van der Waals surface area contributed by atoms with E-state index < -0.39 is 17.7 Å². The van der Waals surface area contributed by atoms with Crippen LogP contribution in [-0.2, 0) is 0 Å². The number of hydrogen-bond donors (Lipinski definition) is 1. The molecule has 0 heterocycles. The van der Waals surface area contributed by atoms with E-state index >= 15 is 0 Å². The van der Waals surface area contributed by atoms with E-state index in [1.54, 1.807) is 0 Å². The van der Waals surface area contributed by atoms with E-state index in [1.165, 1.54) is 19.1 Å². The van der Waals surface area contributed by atoms with Crippen LogP contribution in [0.3, 0.4) is 0 Å². The third-order valence-corrected chi connectivity index (χ3v) is 4.05. The maximum absolute atomic E-state index is 13.8. The molecule has 3 atom stereocenters. The zero-order valence-corrected chi connectivity index (χ0v) is 10.9. The van der Waals surface area contributed by atoms with Gasteiger partial charge in [-0.15, -0.1) is 0 Å². The SMILES string of the molecule is Cc1ccc(C(O)C2CCCC(C)C2)c(F)c1F. The van der Waals surface area contributed by atoms with Gasteiger partial charge in [-0.05, 0) is 37.2 Å². The first kappa shape index (κ1) is 13.5. The number of hydrogen-bond acceptors (Lipinski definition) is 1. The summed E-state index contributed by atoms with van der Waals surface area (Å²) in [6.07, 6.45) is 3.10. The Morgan fingerprint density at radius 1 is 1.22 bits per heavy atom. The van der Waals surface area contributed by atoms with Gasteiger partial charge < -0.3 is 5.11 Å². The predicted molar refractivity (Wildman–Crippen MR) is 67.2 cm³/mol. The lowest BCUT2D eigenvalue weighted by molar-refractivity contribution is 0.0679. The van der Waals surface area contributed by atoms with Gasteiger partial charge in [0.25, 0.3) is 0 Å². The third-order valence-electron chi connectivity index (χ3n) is 4.05. The Hall–Kier alpha value is -0.960. The van der Waals surface area contributed by atoms with Crippen molar-refractivity contribution in [2.45, 2.75) is 45.6 Å². The lowest BCUT2D eigenvalue weighted by atomic mass is 9.78. The molecule has 1 aromatic carbocycles. The first-order valence-corrected chi connectivity index (χ1v) is 6.63. The maximum atomic E-state index is 13.8. The Morgan fingerprint density at radius 3 is 2.61 bits per heavy atom. The minimum Gasteiger partial charge on any atom is -0.388 e. The van der Waals surface area contributed by atoms with Gasteiger partial charge in [0.2, 0.25) is 0 Å². The number of rotatable bonds is 2. The predicted octanol–water partition coefficient (Wildman–Crippen LogP) is 4.13. The van der Waals surface area contributed by atoms with Crippen molar-refractivity contribution in [3.8, 4) is 0 Å². The highest BCUT2D eigenvalue weighted by molar-refractivity contribution is 5.27. The molecule has 1 aliphatic rings. The van der Waals surface area contributed by atoms with Crippen molar-refractivity contribution in [1.82, 2.24) is 0 Å². The number of benzene rings is 1. The van der Waals surface area contributed by atoms with E-state index in [2.05, 4.69) is 6.92 Å². The average molecular weight is 254 g/mol. The smallest absolute Gasteiger partial charge is 0.164 e. The molecule has 3 unspecified atom stereocenters. The monoisotopic (exact) mass is 254 g/mol. The molecule has 0 aliphatic heterocycles. The van der Waals surface area contributed by atoms with Gasteiger partial charge in [-0.2, -0.15) is 0 Å². The molecule has 0 bridgehead atoms. The summed E-state index contributed by atoms with van der Waals surface area (Å²) >= 11 is 0. The molecular weight excluding hydrogens is 234 g/mol. The molecule has 0 saturated heterocycles. The third kappa shape index (κ3) is 2.56. The van der Waals surface area contributed by atoms with Gasteiger partial charge in [0.1, 0.15) is 0 Å². The molecule has 100 valence electrons. The fourth-order valence-corrected chi connectivity index (χ4v) is 2.91. The number of aryl methyl sites for hydroxylation is 1. The lowest BCUT2D eigenvalue weighted by Gasteiger charge is -2.30. The molecule has 0 radical (unpaired) electrons. The highest BCUT2D eigenvalue weighted by Gasteiger charge is 2.29. The number of aliphatic hydroxyl groups excluding tert-OH is 1. The van der Waals surface area contributed by atoms with Crippen LogP contribution in [0.2, 0.25) is 0 Å². The Bertz CT molecular complexity index is 431. The van der Waals surface area contributed by atoms with E-state index in [1.807, 2.05) is 0 Å². The molecule has 2 rings (SSSR count). The Kier molecular flexibility index (Phi) is 4.00. The highest BCUT2D eigenvalue weighted by atomic mass is 19.2. The van der Waals surface area contributed by atoms with Gasteiger partial charge in [-0.25, -0.2) is 8.78 Å². The molecule has 1 nitrogen and oxygen atoms in total. The second-order valence-corrected chi connectivity index (χ2v) is 5.58. The van der Waals surface area contributed by atoms with Crippen LogP contribution in [0.25, 0.3) is 0 Å². The van der Waals surface area contributed by atoms with Crippen molar-refractivity contribution in [3.05, 3.63) is 34.9 Å². The van der Waals surface area contributed by atoms with Crippen LogP contribution in [0, 0.1) is 30.4 Å². The van der Waals surface area contributed by atoms with E-state index in [0.29, 0.717) is 5.92 Å². The van der Waals surface area contributed by atoms with Gasteiger partial charge in [0.15, 0.2) is 11.6 Å². The van der Waals surface area contributed by atoms with Crippen LogP contribution in [0.1, 0.15) is 49.8 Å². The van der Waals surface area contributed by atoms with E-state index in [0.717, 1.165) is 25.7 Å². The van der Waals surface area contributed by atoms with Crippen molar-refractivity contribution < 1.29 is 13.9 Å². The van der Waals surface area contributed by atoms with Crippen LogP contribution in [-0.4, -0.2) is 5.11 Å². The van der Waals surface area contributed by atoms with Crippen molar-refractivity contribution in [1.29, 1.82) is 0 Å². The summed E-state index contributed by atoms with van der Waals surface area (Å²) in [6.45, 7) is 3.67. The number of halogens is 2. The zero-order valence-electron chi connectivity index (χ0n) is 10.9. The van der Waals surface area contributed by atoms with E-state index in [-0.39, 0.29) is 17.0 Å². The summed E-state index contributed by atoms with van der Waals surface area (Å²) in [5, 5.41) is 10.3. The van der Waals surface area contributed by atoms with Crippen molar-refractivity contribution >= 4 is 0 Å². The molecule has 0 aromatic heterocycles. The molecule has 1 fully saturated rings. The van der Waals surface area contributed by atoms with Crippen LogP contribution in [0.4, 0.5) is 8.78 Å². The minimum absolute atomic E-state index is 0.0466. The summed E-state index contributed by atoms with van der Waals surface area (Å²) in [6, 6.07) is 3.04. The minimum atomic E-state index is -0.888. The van der Waals surface area contributed by atoms with Gasteiger partial charge in [0, 0.05) is 5.56 Å². The topological polar surface area (TPSA) is 20.2 Å². The second kappa shape index (κ2) is 5.35. The summed E-state index contributed by atoms with van der Waals surface area (Å²) in [4.78, 5) is 0. The Balaban J connectivity index is 2.23. The van der Waals surface area contributed by atoms with Gasteiger partial charge in [-0.1, -0.05) is 31.9 Å². The van der Waals surface area contributed by atoms with Crippen LogP contribution in [0.5, 0.6) is 0 Å². The molecule has 1 N–H and O–H groups in total. The first-order chi connectivity index (χ1) is 8.50. The molecular formula is C15H20F2O. The molecule has 1 aromatic rings. The zero-order chi connectivity index (χ0) is 13.3. The molecule has 18 heavy (non-hydrogen) atoms. The number of aliphatic hydroxyl groups is 1. The summed E-state index contributed by atoms with van der Waals surface area (Å²) < 4.78 is 27.3. The first-order valence-electron chi connectivity index (χ1n) is 6.63. The molecule has 0 spiro atoms. The quantitative estimate of drug-likeness (QED) is 0.841. The van der Waals surface area contributed by atoms with Gasteiger partial charge in [0.05, 0.1) is 6.10 Å². The molecule has 1 saturated carbocycles. The highest BCUT2D eigenvalue weighted by Crippen LogP contribution is 2.38. The second-order valence-electron chi connectivity index (χ2n) is 5.58. The lowest BCUT2D eigenvalue weighted by Crippen LogP contribution is -2.21. The Labute approximate surface area is 107 Å². The van der Waals surface area contributed by atoms with Gasteiger partial charge >= 0.3 is 0 Å². The standard InChI is InChI=1S/C15H20F2O/c1-9-4-3-5-11(8-9)15(18)12-7-6-10(2)13(16)14(12)17/h6-7,9,11,15,18H,3-5,8H2,1-2H3. The summed E-state index contributed by atoms with van der Waals surface area (Å²) in [5.74, 6) is -1.13. The van der Waals surface area contributed by atoms with E-state index in [9.17, 15) is 13.9 Å². The summed E-state index contributed by atoms with van der Waals surface area (Å²) in [7, 11) is 0. The van der Waals surface area contributed by atoms with Crippen molar-refractivity contribution in [2.24, 2.45) is 11.8 Å². The summed E-state index contributed by atoms with van der Waals surface area (Å²) in [5.41, 5.74) is 0.387. The van der Waals surface area contributed by atoms with Crippen LogP contribution >= 0.6 is 0 Å². The van der Waals surface area contributed by atoms with Gasteiger partial charge in [-0.3, -0.25) is 0 Å². The van der Waals surface area contributed by atoms with Crippen molar-refractivity contribution in [2.75, 3.05) is 0 Å². The molecule has 1 aliphatic carbocycles. The normalized spacial score (nSPS) is 26.1. The largest absolute Gasteiger partial charge is 0.388 e. The van der Waals surface area contributed by atoms with Crippen molar-refractivity contribution in [3.63, 3.8) is 0 Å². The molecule has 0 amide bonds. The Morgan fingerprint density at radius 2 is 1.94 bits per heavy atom. The molecule has 3 heteroatoms. The fraction of sp³-hybridized carbons (Fsp3) is 0.600. The average Bonchev–Trinajstić information content (AvgIpc) is 2.35. The maximum Gasteiger partial charge on any atom is 0.164 e. The van der Waals surface area contributed by atoms with E-state index in [4.69, 9.17) is 0 Å². The fourth-order valence-electron chi connectivity index (χ4n) is 2.91. The van der Waals surface area contributed by atoms with Crippen LogP contribution in [0.15, 0.2) is 12.1 Å². The van der Waals surface area contributed by atoms with Crippen LogP contribution < -0.4 is 0 Å².